The molecule has 0 unspecified atom stereocenters. The van der Waals surface area contributed by atoms with Crippen LogP contribution in [-0.4, -0.2) is 19.1 Å². The number of fused-ring (bicyclic) bond motifs is 6. The quantitative estimate of drug-likeness (QED) is 0.167. The lowest BCUT2D eigenvalue weighted by atomic mass is 9.86. The van der Waals surface area contributed by atoms with Gasteiger partial charge in [0.25, 0.3) is 0 Å². The molecule has 11 aromatic rings. The van der Waals surface area contributed by atoms with E-state index in [9.17, 15) is 0 Å². The summed E-state index contributed by atoms with van der Waals surface area (Å²) in [5, 5.41) is 4.98. The van der Waals surface area contributed by atoms with Gasteiger partial charge in [0.2, 0.25) is 0 Å². The molecule has 0 radical (unpaired) electrons. The smallest absolute Gasteiger partial charge is 0.160 e. The van der Waals surface area contributed by atoms with Crippen LogP contribution >= 0.6 is 0 Å². The highest BCUT2D eigenvalue weighted by Gasteiger charge is 2.24. The molecule has 0 aliphatic carbocycles. The first kappa shape index (κ1) is 39.3. The van der Waals surface area contributed by atoms with E-state index in [0.29, 0.717) is 5.82 Å². The van der Waals surface area contributed by atoms with Crippen LogP contribution in [0.2, 0.25) is 0 Å². The van der Waals surface area contributed by atoms with Crippen molar-refractivity contribution in [2.75, 3.05) is 0 Å². The van der Waals surface area contributed by atoms with Crippen molar-refractivity contribution in [1.29, 1.82) is 0 Å². The molecule has 0 N–H and O–H groups in total. The van der Waals surface area contributed by atoms with Gasteiger partial charge in [0.1, 0.15) is 0 Å². The molecule has 310 valence electrons. The number of hydrogen-bond donors (Lipinski definition) is 0. The van der Waals surface area contributed by atoms with Crippen LogP contribution in [0.25, 0.3) is 100 Å². The minimum absolute atomic E-state index is 0.00778. The molecule has 0 aliphatic heterocycles. The summed E-state index contributed by atoms with van der Waals surface area (Å²) in [5.41, 5.74) is 16.6. The van der Waals surface area contributed by atoms with Gasteiger partial charge < -0.3 is 9.13 Å². The van der Waals surface area contributed by atoms with E-state index < -0.39 is 0 Å². The summed E-state index contributed by atoms with van der Waals surface area (Å²) < 4.78 is 4.94. The number of benzene rings is 8. The van der Waals surface area contributed by atoms with E-state index in [1.165, 1.54) is 54.7 Å². The highest BCUT2D eigenvalue weighted by Crippen LogP contribution is 2.43. The fourth-order valence-corrected chi connectivity index (χ4v) is 9.47. The van der Waals surface area contributed by atoms with Crippen LogP contribution < -0.4 is 0 Å². The van der Waals surface area contributed by atoms with Gasteiger partial charge in [-0.15, -0.1) is 0 Å². The maximum Gasteiger partial charge on any atom is 0.160 e. The second-order valence-corrected chi connectivity index (χ2v) is 19.1. The van der Waals surface area contributed by atoms with E-state index in [4.69, 9.17) is 9.97 Å². The number of para-hydroxylation sites is 3. The maximum absolute atomic E-state index is 5.32. The molecule has 0 bridgehead atoms. The lowest BCUT2D eigenvalue weighted by Gasteiger charge is -2.21. The van der Waals surface area contributed by atoms with E-state index in [1.807, 2.05) is 24.3 Å². The molecule has 0 saturated carbocycles. The lowest BCUT2D eigenvalue weighted by Crippen LogP contribution is -2.10. The third-order valence-corrected chi connectivity index (χ3v) is 12.9. The van der Waals surface area contributed by atoms with Crippen molar-refractivity contribution < 1.29 is 0 Å². The normalized spacial score (nSPS) is 12.2. The Labute approximate surface area is 375 Å². The molecule has 11 rings (SSSR count). The van der Waals surface area contributed by atoms with Gasteiger partial charge in [-0.25, -0.2) is 9.97 Å². The second kappa shape index (κ2) is 15.1. The topological polar surface area (TPSA) is 35.6 Å². The van der Waals surface area contributed by atoms with Gasteiger partial charge >= 0.3 is 0 Å². The van der Waals surface area contributed by atoms with E-state index in [2.05, 4.69) is 221 Å². The Kier molecular flexibility index (Phi) is 9.25. The van der Waals surface area contributed by atoms with Crippen molar-refractivity contribution in [3.05, 3.63) is 205 Å². The molecule has 3 aromatic heterocycles. The lowest BCUT2D eigenvalue weighted by molar-refractivity contribution is 0.591. The zero-order valence-electron chi connectivity index (χ0n) is 37.3. The van der Waals surface area contributed by atoms with Gasteiger partial charge in [-0.3, -0.25) is 0 Å². The van der Waals surface area contributed by atoms with Crippen molar-refractivity contribution in [3.63, 3.8) is 0 Å². The first-order valence-electron chi connectivity index (χ1n) is 22.3. The van der Waals surface area contributed by atoms with Crippen molar-refractivity contribution in [1.82, 2.24) is 19.1 Å². The van der Waals surface area contributed by atoms with Crippen LogP contribution in [0, 0.1) is 0 Å². The van der Waals surface area contributed by atoms with Crippen LogP contribution in [0.4, 0.5) is 0 Å². The molecule has 0 saturated heterocycles. The predicted octanol–water partition coefficient (Wildman–Crippen LogP) is 15.9. The Morgan fingerprint density at radius 3 is 1.34 bits per heavy atom. The Morgan fingerprint density at radius 1 is 0.328 bits per heavy atom. The summed E-state index contributed by atoms with van der Waals surface area (Å²) in [7, 11) is 0. The van der Waals surface area contributed by atoms with Gasteiger partial charge in [-0.2, -0.15) is 0 Å². The van der Waals surface area contributed by atoms with Gasteiger partial charge in [0.05, 0.1) is 44.8 Å². The van der Waals surface area contributed by atoms with Gasteiger partial charge in [-0.05, 0) is 82.6 Å². The number of rotatable bonds is 6. The van der Waals surface area contributed by atoms with Gasteiger partial charge in [0, 0.05) is 49.4 Å². The SMILES string of the molecule is CC(C)(C)c1ccc2c(c1)c1ccccc1n2-c1ccccc1-c1cc(-c2cc(-c3ccccc3)nc(-c3ccccc3)n2)ccc1-n1c2ccccc2c2cc(C(C)(C)C)ccc21. The molecule has 4 nitrogen and oxygen atoms in total. The van der Waals surface area contributed by atoms with Crippen molar-refractivity contribution >= 4 is 43.6 Å². The molecule has 4 heteroatoms. The minimum atomic E-state index is 0.00778. The molecular weight excluding hydrogens is 777 g/mol. The van der Waals surface area contributed by atoms with Crippen molar-refractivity contribution in [3.8, 4) is 56.4 Å². The second-order valence-electron chi connectivity index (χ2n) is 19.1. The highest BCUT2D eigenvalue weighted by atomic mass is 15.0. The van der Waals surface area contributed by atoms with Crippen LogP contribution in [0.5, 0.6) is 0 Å². The Hall–Kier alpha value is -7.56. The number of hydrogen-bond acceptors (Lipinski definition) is 2. The standard InChI is InChI=1S/C60H50N4/c1-59(2,3)42-30-33-56-48(36-42)45-24-14-17-27-53(45)63(56)52-26-16-13-23-44(52)47-35-41(51-38-50(39-19-9-7-10-20-39)61-58(62-51)40-21-11-8-12-22-40)29-32-55(47)64-54-28-18-15-25-46(54)49-37-43(60(4,5)6)31-34-57(49)64/h7-38H,1-6H3. The zero-order valence-corrected chi connectivity index (χ0v) is 37.3. The Morgan fingerprint density at radius 2 is 0.781 bits per heavy atom. The van der Waals surface area contributed by atoms with E-state index >= 15 is 0 Å². The monoisotopic (exact) mass is 826 g/mol. The maximum atomic E-state index is 5.32. The molecule has 0 amide bonds. The van der Waals surface area contributed by atoms with Crippen molar-refractivity contribution in [2.24, 2.45) is 0 Å². The summed E-state index contributed by atoms with van der Waals surface area (Å²) >= 11 is 0. The molecule has 64 heavy (non-hydrogen) atoms. The van der Waals surface area contributed by atoms with E-state index in [0.717, 1.165) is 50.6 Å². The van der Waals surface area contributed by atoms with E-state index in [-0.39, 0.29) is 10.8 Å². The Bertz CT molecular complexity index is 3500. The number of aromatic nitrogens is 4. The molecule has 0 spiro atoms. The van der Waals surface area contributed by atoms with Gasteiger partial charge in [0.15, 0.2) is 5.82 Å². The first-order chi connectivity index (χ1) is 31.0. The van der Waals surface area contributed by atoms with Crippen LogP contribution in [0.15, 0.2) is 194 Å². The first-order valence-corrected chi connectivity index (χ1v) is 22.3. The third-order valence-electron chi connectivity index (χ3n) is 12.9. The number of nitrogens with zero attached hydrogens (tertiary/aromatic N) is 4. The average Bonchev–Trinajstić information content (AvgIpc) is 3.83. The van der Waals surface area contributed by atoms with Crippen molar-refractivity contribution in [2.45, 2.75) is 52.4 Å². The summed E-state index contributed by atoms with van der Waals surface area (Å²) in [6, 6.07) is 70.4. The largest absolute Gasteiger partial charge is 0.309 e. The summed E-state index contributed by atoms with van der Waals surface area (Å²) in [6.07, 6.45) is 0. The molecule has 0 aliphatic rings. The molecule has 0 atom stereocenters. The van der Waals surface area contributed by atoms with Gasteiger partial charge in [-0.1, -0.05) is 175 Å². The summed E-state index contributed by atoms with van der Waals surface area (Å²) in [5.74, 6) is 0.694. The van der Waals surface area contributed by atoms with Crippen LogP contribution in [0.1, 0.15) is 52.7 Å². The van der Waals surface area contributed by atoms with Crippen LogP contribution in [-0.2, 0) is 10.8 Å². The van der Waals surface area contributed by atoms with Crippen LogP contribution in [0.3, 0.4) is 0 Å². The molecular formula is C60H50N4. The molecule has 3 heterocycles. The Balaban J connectivity index is 1.22. The zero-order chi connectivity index (χ0) is 43.7. The highest BCUT2D eigenvalue weighted by molar-refractivity contribution is 6.12. The van der Waals surface area contributed by atoms with E-state index in [1.54, 1.807) is 0 Å². The predicted molar refractivity (Wildman–Crippen MR) is 270 cm³/mol. The average molecular weight is 827 g/mol. The summed E-state index contributed by atoms with van der Waals surface area (Å²) in [6.45, 7) is 13.7. The molecule has 8 aromatic carbocycles. The third kappa shape index (κ3) is 6.69. The fourth-order valence-electron chi connectivity index (χ4n) is 9.47. The molecule has 0 fully saturated rings. The fraction of sp³-hybridized carbons (Fsp3) is 0.133. The minimum Gasteiger partial charge on any atom is -0.309 e. The summed E-state index contributed by atoms with van der Waals surface area (Å²) in [4.78, 5) is 10.5.